The summed E-state index contributed by atoms with van der Waals surface area (Å²) in [5, 5.41) is 8.90. The fourth-order valence-corrected chi connectivity index (χ4v) is 2.11. The minimum atomic E-state index is -1.01. The molecule has 0 aromatic carbocycles. The van der Waals surface area contributed by atoms with Gasteiger partial charge in [0.15, 0.2) is 5.69 Å². The maximum atomic E-state index is 10.9. The second-order valence-corrected chi connectivity index (χ2v) is 4.38. The van der Waals surface area contributed by atoms with Gasteiger partial charge in [-0.3, -0.25) is 4.90 Å². The summed E-state index contributed by atoms with van der Waals surface area (Å²) in [5.41, 5.74) is 0.0518. The lowest BCUT2D eigenvalue weighted by molar-refractivity contribution is 0.0690. The maximum absolute atomic E-state index is 10.9. The minimum absolute atomic E-state index is 0.0518. The van der Waals surface area contributed by atoms with Crippen molar-refractivity contribution in [1.82, 2.24) is 14.9 Å². The number of piperazine rings is 1. The molecule has 0 bridgehead atoms. The number of aromatic nitrogens is 2. The zero-order chi connectivity index (χ0) is 13.0. The second-order valence-electron chi connectivity index (χ2n) is 4.38. The van der Waals surface area contributed by atoms with Crippen molar-refractivity contribution in [2.45, 2.75) is 13.3 Å². The summed E-state index contributed by atoms with van der Waals surface area (Å²) in [7, 11) is 0. The highest BCUT2D eigenvalue weighted by Gasteiger charge is 2.19. The first-order chi connectivity index (χ1) is 8.70. The molecule has 2 heterocycles. The van der Waals surface area contributed by atoms with E-state index in [0.29, 0.717) is 5.95 Å². The van der Waals surface area contributed by atoms with Gasteiger partial charge in [0, 0.05) is 32.4 Å². The van der Waals surface area contributed by atoms with E-state index in [1.807, 2.05) is 4.90 Å². The molecule has 0 aliphatic carbocycles. The van der Waals surface area contributed by atoms with E-state index in [-0.39, 0.29) is 5.69 Å². The standard InChI is InChI=1S/C12H18N4O2/c1-2-5-15-6-8-16(9-7-15)12-13-4-3-10(14-12)11(17)18/h3-4H,2,5-9H2,1H3,(H,17,18). The number of carbonyl (C=O) groups is 1. The first kappa shape index (κ1) is 12.8. The van der Waals surface area contributed by atoms with Crippen molar-refractivity contribution in [1.29, 1.82) is 0 Å². The van der Waals surface area contributed by atoms with Crippen LogP contribution in [0.3, 0.4) is 0 Å². The number of anilines is 1. The summed E-state index contributed by atoms with van der Waals surface area (Å²) < 4.78 is 0. The van der Waals surface area contributed by atoms with Crippen LogP contribution < -0.4 is 4.90 Å². The number of rotatable bonds is 4. The van der Waals surface area contributed by atoms with Crippen LogP contribution in [0.2, 0.25) is 0 Å². The predicted octanol–water partition coefficient (Wildman–Crippen LogP) is 0.707. The Hall–Kier alpha value is -1.69. The van der Waals surface area contributed by atoms with Gasteiger partial charge >= 0.3 is 5.97 Å². The van der Waals surface area contributed by atoms with E-state index in [4.69, 9.17) is 5.11 Å². The number of hydrogen-bond donors (Lipinski definition) is 1. The van der Waals surface area contributed by atoms with Crippen LogP contribution in [-0.2, 0) is 0 Å². The second kappa shape index (κ2) is 5.77. The lowest BCUT2D eigenvalue weighted by atomic mass is 10.3. The zero-order valence-electron chi connectivity index (χ0n) is 10.5. The Kier molecular flexibility index (Phi) is 4.09. The van der Waals surface area contributed by atoms with Crippen LogP contribution in [0, 0.1) is 0 Å². The molecule has 0 radical (unpaired) electrons. The molecule has 2 rings (SSSR count). The molecule has 0 amide bonds. The lowest BCUT2D eigenvalue weighted by Crippen LogP contribution is -2.47. The molecular formula is C12H18N4O2. The Morgan fingerprint density at radius 3 is 2.72 bits per heavy atom. The molecule has 18 heavy (non-hydrogen) atoms. The van der Waals surface area contributed by atoms with Gasteiger partial charge in [-0.1, -0.05) is 6.92 Å². The van der Waals surface area contributed by atoms with E-state index in [9.17, 15) is 4.79 Å². The third-order valence-electron chi connectivity index (χ3n) is 3.06. The summed E-state index contributed by atoms with van der Waals surface area (Å²) in [6, 6.07) is 1.42. The summed E-state index contributed by atoms with van der Waals surface area (Å²) >= 11 is 0. The molecule has 6 heteroatoms. The molecule has 1 aromatic rings. The Bertz CT molecular complexity index is 416. The van der Waals surface area contributed by atoms with Gasteiger partial charge in [-0.25, -0.2) is 14.8 Å². The van der Waals surface area contributed by atoms with E-state index in [2.05, 4.69) is 21.8 Å². The Labute approximate surface area is 106 Å². The number of nitrogens with zero attached hydrogens (tertiary/aromatic N) is 4. The smallest absolute Gasteiger partial charge is 0.354 e. The molecule has 98 valence electrons. The molecule has 1 saturated heterocycles. The molecule has 1 aromatic heterocycles. The Morgan fingerprint density at radius 1 is 1.39 bits per heavy atom. The third kappa shape index (κ3) is 2.95. The van der Waals surface area contributed by atoms with Crippen molar-refractivity contribution >= 4 is 11.9 Å². The Balaban J connectivity index is 2.01. The summed E-state index contributed by atoms with van der Waals surface area (Å²) in [6.45, 7) is 6.95. The molecule has 0 spiro atoms. The van der Waals surface area contributed by atoms with Crippen LogP contribution >= 0.6 is 0 Å². The Morgan fingerprint density at radius 2 is 2.11 bits per heavy atom. The van der Waals surface area contributed by atoms with Crippen molar-refractivity contribution in [2.24, 2.45) is 0 Å². The zero-order valence-corrected chi connectivity index (χ0v) is 10.5. The van der Waals surface area contributed by atoms with Crippen LogP contribution in [0.15, 0.2) is 12.3 Å². The molecule has 1 aliphatic heterocycles. The van der Waals surface area contributed by atoms with Crippen LogP contribution in [0.4, 0.5) is 5.95 Å². The van der Waals surface area contributed by atoms with E-state index < -0.39 is 5.97 Å². The number of carboxylic acids is 1. The number of hydrogen-bond acceptors (Lipinski definition) is 5. The van der Waals surface area contributed by atoms with Gasteiger partial charge in [-0.15, -0.1) is 0 Å². The summed E-state index contributed by atoms with van der Waals surface area (Å²) in [5.74, 6) is -0.491. The average molecular weight is 250 g/mol. The number of aromatic carboxylic acids is 1. The fourth-order valence-electron chi connectivity index (χ4n) is 2.11. The molecule has 6 nitrogen and oxygen atoms in total. The monoisotopic (exact) mass is 250 g/mol. The highest BCUT2D eigenvalue weighted by atomic mass is 16.4. The summed E-state index contributed by atoms with van der Waals surface area (Å²) in [6.07, 6.45) is 2.66. The lowest BCUT2D eigenvalue weighted by Gasteiger charge is -2.34. The van der Waals surface area contributed by atoms with Gasteiger partial charge in [0.1, 0.15) is 0 Å². The van der Waals surface area contributed by atoms with Gasteiger partial charge in [-0.2, -0.15) is 0 Å². The summed E-state index contributed by atoms with van der Waals surface area (Å²) in [4.78, 5) is 23.5. The van der Waals surface area contributed by atoms with E-state index >= 15 is 0 Å². The van der Waals surface area contributed by atoms with Crippen molar-refractivity contribution in [3.63, 3.8) is 0 Å². The first-order valence-electron chi connectivity index (χ1n) is 6.24. The van der Waals surface area contributed by atoms with E-state index in [0.717, 1.165) is 39.1 Å². The molecule has 1 N–H and O–H groups in total. The van der Waals surface area contributed by atoms with Crippen molar-refractivity contribution in [3.8, 4) is 0 Å². The quantitative estimate of drug-likeness (QED) is 0.848. The van der Waals surface area contributed by atoms with Crippen molar-refractivity contribution < 1.29 is 9.90 Å². The molecule has 1 aliphatic rings. The van der Waals surface area contributed by atoms with Gasteiger partial charge in [-0.05, 0) is 19.0 Å². The van der Waals surface area contributed by atoms with Gasteiger partial charge in [0.2, 0.25) is 5.95 Å². The molecule has 0 saturated carbocycles. The van der Waals surface area contributed by atoms with Crippen LogP contribution in [0.5, 0.6) is 0 Å². The maximum Gasteiger partial charge on any atom is 0.354 e. The minimum Gasteiger partial charge on any atom is -0.477 e. The van der Waals surface area contributed by atoms with Gasteiger partial charge in [0.25, 0.3) is 0 Å². The van der Waals surface area contributed by atoms with Crippen LogP contribution in [0.1, 0.15) is 23.8 Å². The highest BCUT2D eigenvalue weighted by molar-refractivity contribution is 5.85. The predicted molar refractivity (Wildman–Crippen MR) is 67.9 cm³/mol. The topological polar surface area (TPSA) is 69.6 Å². The molecular weight excluding hydrogens is 232 g/mol. The van der Waals surface area contributed by atoms with Gasteiger partial charge < -0.3 is 10.0 Å². The highest BCUT2D eigenvalue weighted by Crippen LogP contribution is 2.11. The first-order valence-corrected chi connectivity index (χ1v) is 6.24. The molecule has 0 unspecified atom stereocenters. The van der Waals surface area contributed by atoms with Gasteiger partial charge in [0.05, 0.1) is 0 Å². The van der Waals surface area contributed by atoms with Crippen LogP contribution in [0.25, 0.3) is 0 Å². The fraction of sp³-hybridized carbons (Fsp3) is 0.583. The van der Waals surface area contributed by atoms with Crippen LogP contribution in [-0.4, -0.2) is 58.7 Å². The molecule has 1 fully saturated rings. The van der Waals surface area contributed by atoms with E-state index in [1.165, 1.54) is 12.3 Å². The van der Waals surface area contributed by atoms with Crippen molar-refractivity contribution in [3.05, 3.63) is 18.0 Å². The normalized spacial score (nSPS) is 16.8. The largest absolute Gasteiger partial charge is 0.477 e. The SMILES string of the molecule is CCCN1CCN(c2nccc(C(=O)O)n2)CC1. The molecule has 0 atom stereocenters. The number of carboxylic acid groups (broad SMARTS) is 1. The van der Waals surface area contributed by atoms with E-state index in [1.54, 1.807) is 0 Å². The average Bonchev–Trinajstić information content (AvgIpc) is 2.40. The third-order valence-corrected chi connectivity index (χ3v) is 3.06. The van der Waals surface area contributed by atoms with Crippen molar-refractivity contribution in [2.75, 3.05) is 37.6 Å².